The second-order valence-electron chi connectivity index (χ2n) is 9.58. The molecule has 1 aromatic heterocycles. The molecular weight excluding hydrogens is 585 g/mol. The predicted molar refractivity (Wildman–Crippen MR) is 159 cm³/mol. The molecule has 0 spiro atoms. The van der Waals surface area contributed by atoms with E-state index in [1.807, 2.05) is 0 Å². The van der Waals surface area contributed by atoms with Crippen LogP contribution in [0.4, 0.5) is 11.4 Å². The lowest BCUT2D eigenvalue weighted by Gasteiger charge is -2.29. The highest BCUT2D eigenvalue weighted by atomic mass is 35.5. The van der Waals surface area contributed by atoms with Crippen molar-refractivity contribution in [1.29, 1.82) is 0 Å². The number of hydrogen-bond acceptors (Lipinski definition) is 5. The first kappa shape index (κ1) is 28.7. The molecule has 0 N–H and O–H groups in total. The Kier molecular flexibility index (Phi) is 8.13. The molecular formula is C30H27Cl2N3O5S. The van der Waals surface area contributed by atoms with Crippen LogP contribution in [0.3, 0.4) is 0 Å². The molecule has 8 nitrogen and oxygen atoms in total. The molecule has 4 aromatic rings. The summed E-state index contributed by atoms with van der Waals surface area (Å²) in [7, 11) is -2.38. The first-order valence-electron chi connectivity index (χ1n) is 12.9. The van der Waals surface area contributed by atoms with Crippen LogP contribution < -0.4 is 9.21 Å². The van der Waals surface area contributed by atoms with Gasteiger partial charge >= 0.3 is 0 Å². The average Bonchev–Trinajstić information content (AvgIpc) is 3.56. The summed E-state index contributed by atoms with van der Waals surface area (Å²) in [4.78, 5) is 29.0. The summed E-state index contributed by atoms with van der Waals surface area (Å²) in [6.45, 7) is 1.99. The molecule has 0 saturated carbocycles. The van der Waals surface area contributed by atoms with E-state index in [1.165, 1.54) is 26.4 Å². The summed E-state index contributed by atoms with van der Waals surface area (Å²) in [5.74, 6) is 0.101. The van der Waals surface area contributed by atoms with E-state index in [0.717, 1.165) is 0 Å². The average molecular weight is 613 g/mol. The number of nitrogens with zero attached hydrogens (tertiary/aromatic N) is 3. The van der Waals surface area contributed by atoms with Crippen molar-refractivity contribution in [1.82, 2.24) is 4.90 Å². The Morgan fingerprint density at radius 2 is 1.78 bits per heavy atom. The number of likely N-dealkylation sites (N-methyl/N-ethyl adjacent to an activating group) is 1. The molecule has 0 unspecified atom stereocenters. The topological polar surface area (TPSA) is 91.1 Å². The Morgan fingerprint density at radius 1 is 1.00 bits per heavy atom. The zero-order valence-electron chi connectivity index (χ0n) is 22.4. The van der Waals surface area contributed by atoms with Crippen molar-refractivity contribution in [2.75, 3.05) is 22.8 Å². The van der Waals surface area contributed by atoms with Crippen molar-refractivity contribution < 1.29 is 22.4 Å². The number of hydrogen-bond donors (Lipinski definition) is 0. The van der Waals surface area contributed by atoms with Crippen molar-refractivity contribution in [2.45, 2.75) is 31.3 Å². The number of furan rings is 1. The fraction of sp³-hybridized carbons (Fsp3) is 0.200. The number of benzene rings is 3. The molecule has 3 aromatic carbocycles. The smallest absolute Gasteiger partial charge is 0.264 e. The Balaban J connectivity index is 1.54. The van der Waals surface area contributed by atoms with Crippen LogP contribution in [0.5, 0.6) is 0 Å². The van der Waals surface area contributed by atoms with Crippen LogP contribution in [0.2, 0.25) is 10.0 Å². The fourth-order valence-corrected chi connectivity index (χ4v) is 6.90. The summed E-state index contributed by atoms with van der Waals surface area (Å²) in [5.41, 5.74) is 2.55. The van der Waals surface area contributed by atoms with E-state index >= 15 is 0 Å². The number of sulfonamides is 1. The van der Waals surface area contributed by atoms with Crippen LogP contribution in [0, 0.1) is 0 Å². The van der Waals surface area contributed by atoms with Crippen LogP contribution in [-0.2, 0) is 34.3 Å². The number of halogens is 2. The first-order chi connectivity index (χ1) is 19.6. The van der Waals surface area contributed by atoms with Crippen molar-refractivity contribution >= 4 is 56.4 Å². The zero-order valence-corrected chi connectivity index (χ0v) is 24.7. The van der Waals surface area contributed by atoms with Gasteiger partial charge in [0.1, 0.15) is 5.76 Å². The summed E-state index contributed by atoms with van der Waals surface area (Å²) >= 11 is 12.7. The molecule has 0 fully saturated rings. The third kappa shape index (κ3) is 5.70. The third-order valence-electron chi connectivity index (χ3n) is 6.99. The normalized spacial score (nSPS) is 12.9. The maximum atomic E-state index is 14.0. The van der Waals surface area contributed by atoms with E-state index < -0.39 is 10.0 Å². The number of carbonyl (C=O) groups excluding carboxylic acids is 2. The van der Waals surface area contributed by atoms with Gasteiger partial charge in [-0.25, -0.2) is 8.42 Å². The van der Waals surface area contributed by atoms with Gasteiger partial charge in [0.15, 0.2) is 0 Å². The van der Waals surface area contributed by atoms with Gasteiger partial charge in [0.2, 0.25) is 5.91 Å². The number of fused-ring (bicyclic) bond motifs is 1. The largest absolute Gasteiger partial charge is 0.467 e. The quantitative estimate of drug-likeness (QED) is 0.226. The van der Waals surface area contributed by atoms with Crippen molar-refractivity contribution in [3.8, 4) is 0 Å². The van der Waals surface area contributed by atoms with Crippen LogP contribution >= 0.6 is 23.2 Å². The standard InChI is InChI=1S/C30H27Cl2N3O5S/c1-3-35(41(38,39)24-11-13-27-20(16-24)17-29(36)33(27)2)28-12-10-22(31)15-21(28)18-34(19-23-7-6-14-40-23)30(37)25-8-4-5-9-26(25)32/h4-16H,3,17-19H2,1-2H3. The molecule has 1 aliphatic heterocycles. The van der Waals surface area contributed by atoms with Crippen LogP contribution in [0.15, 0.2) is 88.4 Å². The lowest BCUT2D eigenvalue weighted by molar-refractivity contribution is -0.117. The summed E-state index contributed by atoms with van der Waals surface area (Å²) in [5, 5.41) is 0.686. The van der Waals surface area contributed by atoms with Gasteiger partial charge in [-0.3, -0.25) is 13.9 Å². The number of amides is 2. The molecule has 0 bridgehead atoms. The molecule has 212 valence electrons. The van der Waals surface area contributed by atoms with Crippen molar-refractivity contribution in [3.05, 3.63) is 112 Å². The molecule has 41 heavy (non-hydrogen) atoms. The number of carbonyl (C=O) groups is 2. The van der Waals surface area contributed by atoms with E-state index in [9.17, 15) is 18.0 Å². The Bertz CT molecular complexity index is 1720. The molecule has 0 saturated heterocycles. The fourth-order valence-electron chi connectivity index (χ4n) is 4.93. The van der Waals surface area contributed by atoms with E-state index in [4.69, 9.17) is 27.6 Å². The Labute approximate surface area is 248 Å². The second kappa shape index (κ2) is 11.6. The molecule has 1 aliphatic rings. The molecule has 5 rings (SSSR count). The predicted octanol–water partition coefficient (Wildman–Crippen LogP) is 6.16. The lowest BCUT2D eigenvalue weighted by atomic mass is 10.1. The molecule has 2 heterocycles. The van der Waals surface area contributed by atoms with E-state index in [0.29, 0.717) is 43.9 Å². The highest BCUT2D eigenvalue weighted by Crippen LogP contribution is 2.34. The van der Waals surface area contributed by atoms with Gasteiger partial charge in [-0.15, -0.1) is 0 Å². The van der Waals surface area contributed by atoms with Crippen LogP contribution in [0.1, 0.15) is 34.2 Å². The van der Waals surface area contributed by atoms with Crippen molar-refractivity contribution in [3.63, 3.8) is 0 Å². The van der Waals surface area contributed by atoms with Crippen molar-refractivity contribution in [2.24, 2.45) is 0 Å². The molecule has 0 aliphatic carbocycles. The zero-order chi connectivity index (χ0) is 29.3. The van der Waals surface area contributed by atoms with Gasteiger partial charge < -0.3 is 14.2 Å². The van der Waals surface area contributed by atoms with Gasteiger partial charge in [0.25, 0.3) is 15.9 Å². The molecule has 0 atom stereocenters. The van der Waals surface area contributed by atoms with Gasteiger partial charge in [0, 0.05) is 30.8 Å². The second-order valence-corrected chi connectivity index (χ2v) is 12.3. The monoisotopic (exact) mass is 611 g/mol. The lowest BCUT2D eigenvalue weighted by Crippen LogP contribution is -2.34. The van der Waals surface area contributed by atoms with Gasteiger partial charge in [-0.2, -0.15) is 0 Å². The van der Waals surface area contributed by atoms with E-state index in [1.54, 1.807) is 80.7 Å². The Hall–Kier alpha value is -3.79. The molecule has 2 amide bonds. The maximum Gasteiger partial charge on any atom is 0.264 e. The SMILES string of the molecule is CCN(c1ccc(Cl)cc1CN(Cc1ccco1)C(=O)c1ccccc1Cl)S(=O)(=O)c1ccc2c(c1)CC(=O)N2C. The summed E-state index contributed by atoms with van der Waals surface area (Å²) < 4.78 is 34.8. The Morgan fingerprint density at radius 3 is 2.49 bits per heavy atom. The minimum absolute atomic E-state index is 0.0240. The highest BCUT2D eigenvalue weighted by Gasteiger charge is 2.31. The van der Waals surface area contributed by atoms with Crippen LogP contribution in [0.25, 0.3) is 0 Å². The third-order valence-corrected chi connectivity index (χ3v) is 9.44. The highest BCUT2D eigenvalue weighted by molar-refractivity contribution is 7.92. The number of anilines is 2. The summed E-state index contributed by atoms with van der Waals surface area (Å²) in [6.07, 6.45) is 1.66. The minimum Gasteiger partial charge on any atom is -0.467 e. The van der Waals surface area contributed by atoms with E-state index in [2.05, 4.69) is 0 Å². The van der Waals surface area contributed by atoms with Gasteiger partial charge in [-0.1, -0.05) is 35.3 Å². The van der Waals surface area contributed by atoms with E-state index in [-0.39, 0.29) is 42.8 Å². The molecule has 0 radical (unpaired) electrons. The minimum atomic E-state index is -4.04. The molecule has 11 heteroatoms. The first-order valence-corrected chi connectivity index (χ1v) is 15.1. The summed E-state index contributed by atoms with van der Waals surface area (Å²) in [6, 6.07) is 19.8. The number of rotatable bonds is 9. The van der Waals surface area contributed by atoms with Gasteiger partial charge in [-0.05, 0) is 78.7 Å². The van der Waals surface area contributed by atoms with Crippen LogP contribution in [-0.4, -0.2) is 38.7 Å². The maximum absolute atomic E-state index is 14.0. The van der Waals surface area contributed by atoms with Gasteiger partial charge in [0.05, 0.1) is 40.4 Å².